The molecule has 0 N–H and O–H groups in total. The highest BCUT2D eigenvalue weighted by molar-refractivity contribution is 6.04. The van der Waals surface area contributed by atoms with E-state index in [1.165, 1.54) is 0 Å². The highest BCUT2D eigenvalue weighted by Gasteiger charge is 2.24. The molecule has 1 heterocycles. The fraction of sp³-hybridized carbons (Fsp3) is 0.370. The number of ether oxygens (including phenoxy) is 5. The Bertz CT molecular complexity index is 1190. The van der Waals surface area contributed by atoms with Crippen LogP contribution in [0.4, 0.5) is 0 Å². The molecular weight excluding hydrogens is 434 g/mol. The van der Waals surface area contributed by atoms with Gasteiger partial charge in [-0.15, -0.1) is 0 Å². The standard InChI is InChI=1S/C27H33NO6/c1-8-28-24(19-10-12-21(31-6)13-11-19)18(4)23-20(14-17(3)27(29)33-9-2)15-22(32-7)26(25(23)28)34-16-30-5/h10-15H,8-9,16H2,1-7H3/b17-14+. The maximum atomic E-state index is 12.4. The van der Waals surface area contributed by atoms with Crippen molar-refractivity contribution in [1.29, 1.82) is 0 Å². The molecule has 0 unspecified atom stereocenters. The Morgan fingerprint density at radius 2 is 1.76 bits per heavy atom. The number of hydrogen-bond donors (Lipinski definition) is 0. The zero-order valence-electron chi connectivity index (χ0n) is 21.0. The number of aromatic nitrogens is 1. The van der Waals surface area contributed by atoms with E-state index in [4.69, 9.17) is 23.7 Å². The van der Waals surface area contributed by atoms with E-state index >= 15 is 0 Å². The molecule has 0 bridgehead atoms. The Labute approximate surface area is 200 Å². The molecule has 0 aliphatic rings. The molecule has 0 aliphatic heterocycles. The number of carbonyl (C=O) groups excluding carboxylic acids is 1. The molecule has 3 rings (SSSR count). The fourth-order valence-electron chi connectivity index (χ4n) is 4.23. The van der Waals surface area contributed by atoms with Gasteiger partial charge in [0, 0.05) is 24.6 Å². The Balaban J connectivity index is 2.40. The van der Waals surface area contributed by atoms with E-state index in [0.29, 0.717) is 30.2 Å². The lowest BCUT2D eigenvalue weighted by molar-refractivity contribution is -0.138. The van der Waals surface area contributed by atoms with Gasteiger partial charge >= 0.3 is 5.97 Å². The van der Waals surface area contributed by atoms with Gasteiger partial charge in [0.2, 0.25) is 0 Å². The SMILES string of the molecule is CCOC(=O)/C(C)=C/c1cc(OC)c(OCOC)c2c1c(C)c(-c1ccc(OC)cc1)n2CC. The second-order valence-corrected chi connectivity index (χ2v) is 7.77. The number of methoxy groups -OCH3 is 3. The first-order chi connectivity index (χ1) is 16.4. The third kappa shape index (κ3) is 4.75. The largest absolute Gasteiger partial charge is 0.497 e. The van der Waals surface area contributed by atoms with Crippen molar-refractivity contribution in [1.82, 2.24) is 4.57 Å². The van der Waals surface area contributed by atoms with E-state index in [9.17, 15) is 4.79 Å². The molecule has 34 heavy (non-hydrogen) atoms. The molecule has 7 heteroatoms. The highest BCUT2D eigenvalue weighted by Crippen LogP contribution is 2.45. The van der Waals surface area contributed by atoms with Gasteiger partial charge < -0.3 is 28.3 Å². The second-order valence-electron chi connectivity index (χ2n) is 7.77. The summed E-state index contributed by atoms with van der Waals surface area (Å²) in [6.07, 6.45) is 1.84. The third-order valence-electron chi connectivity index (χ3n) is 5.71. The normalized spacial score (nSPS) is 11.6. The molecule has 1 aromatic heterocycles. The number of aryl methyl sites for hydroxylation is 2. The summed E-state index contributed by atoms with van der Waals surface area (Å²) in [5.74, 6) is 1.59. The average molecular weight is 468 g/mol. The molecule has 0 fully saturated rings. The van der Waals surface area contributed by atoms with Crippen LogP contribution in [0.25, 0.3) is 28.2 Å². The van der Waals surface area contributed by atoms with Gasteiger partial charge in [-0.1, -0.05) is 0 Å². The first kappa shape index (κ1) is 25.2. The molecule has 0 amide bonds. The monoisotopic (exact) mass is 467 g/mol. The number of hydrogen-bond acceptors (Lipinski definition) is 6. The number of rotatable bonds is 10. The van der Waals surface area contributed by atoms with Crippen molar-refractivity contribution in [2.75, 3.05) is 34.7 Å². The third-order valence-corrected chi connectivity index (χ3v) is 5.71. The van der Waals surface area contributed by atoms with Gasteiger partial charge in [-0.05, 0) is 80.8 Å². The second kappa shape index (κ2) is 11.1. The van der Waals surface area contributed by atoms with Crippen LogP contribution in [0.1, 0.15) is 31.9 Å². The summed E-state index contributed by atoms with van der Waals surface area (Å²) < 4.78 is 29.7. The first-order valence-electron chi connectivity index (χ1n) is 11.3. The molecule has 0 atom stereocenters. The van der Waals surface area contributed by atoms with Crippen LogP contribution in [0, 0.1) is 6.92 Å². The van der Waals surface area contributed by atoms with Gasteiger partial charge in [0.25, 0.3) is 0 Å². The van der Waals surface area contributed by atoms with Crippen LogP contribution in [0.5, 0.6) is 17.2 Å². The predicted octanol–water partition coefficient (Wildman–Crippen LogP) is 5.60. The molecular formula is C27H33NO6. The minimum absolute atomic E-state index is 0.0777. The Morgan fingerprint density at radius 3 is 2.32 bits per heavy atom. The number of benzene rings is 2. The van der Waals surface area contributed by atoms with Crippen LogP contribution in [0.15, 0.2) is 35.9 Å². The van der Waals surface area contributed by atoms with Crippen molar-refractivity contribution in [3.05, 3.63) is 47.0 Å². The molecule has 2 aromatic carbocycles. The van der Waals surface area contributed by atoms with Crippen LogP contribution in [-0.4, -0.2) is 45.3 Å². The zero-order valence-corrected chi connectivity index (χ0v) is 21.0. The van der Waals surface area contributed by atoms with Crippen molar-refractivity contribution in [2.24, 2.45) is 0 Å². The smallest absolute Gasteiger partial charge is 0.333 e. The fourth-order valence-corrected chi connectivity index (χ4v) is 4.23. The topological polar surface area (TPSA) is 68.2 Å². The lowest BCUT2D eigenvalue weighted by atomic mass is 10.0. The summed E-state index contributed by atoms with van der Waals surface area (Å²) in [5, 5.41) is 0.975. The van der Waals surface area contributed by atoms with E-state index in [0.717, 1.165) is 39.0 Å². The summed E-state index contributed by atoms with van der Waals surface area (Å²) in [5.41, 5.74) is 5.40. The minimum atomic E-state index is -0.350. The van der Waals surface area contributed by atoms with Gasteiger partial charge in [0.15, 0.2) is 18.3 Å². The summed E-state index contributed by atoms with van der Waals surface area (Å²) in [4.78, 5) is 12.4. The number of carbonyl (C=O) groups is 1. The van der Waals surface area contributed by atoms with Crippen molar-refractivity contribution in [3.63, 3.8) is 0 Å². The number of nitrogens with zero attached hydrogens (tertiary/aromatic N) is 1. The van der Waals surface area contributed by atoms with Crippen LogP contribution in [-0.2, 0) is 20.8 Å². The van der Waals surface area contributed by atoms with Crippen LogP contribution in [0.2, 0.25) is 0 Å². The molecule has 3 aromatic rings. The van der Waals surface area contributed by atoms with Gasteiger partial charge in [0.05, 0.1) is 32.0 Å². The van der Waals surface area contributed by atoms with Crippen molar-refractivity contribution >= 4 is 22.9 Å². The van der Waals surface area contributed by atoms with E-state index < -0.39 is 0 Å². The van der Waals surface area contributed by atoms with Gasteiger partial charge in [-0.25, -0.2) is 4.79 Å². The number of esters is 1. The molecule has 0 aliphatic carbocycles. The van der Waals surface area contributed by atoms with Crippen LogP contribution < -0.4 is 14.2 Å². The van der Waals surface area contributed by atoms with Gasteiger partial charge in [-0.2, -0.15) is 0 Å². The molecule has 182 valence electrons. The lowest BCUT2D eigenvalue weighted by Crippen LogP contribution is -2.06. The summed E-state index contributed by atoms with van der Waals surface area (Å²) in [7, 11) is 4.83. The molecule has 0 spiro atoms. The number of fused-ring (bicyclic) bond motifs is 1. The van der Waals surface area contributed by atoms with Crippen molar-refractivity contribution in [3.8, 4) is 28.5 Å². The minimum Gasteiger partial charge on any atom is -0.497 e. The van der Waals surface area contributed by atoms with Gasteiger partial charge in [0.1, 0.15) is 5.75 Å². The summed E-state index contributed by atoms with van der Waals surface area (Å²) >= 11 is 0. The summed E-state index contributed by atoms with van der Waals surface area (Å²) in [6.45, 7) is 8.81. The molecule has 0 saturated heterocycles. The predicted molar refractivity (Wildman–Crippen MR) is 134 cm³/mol. The van der Waals surface area contributed by atoms with Crippen molar-refractivity contribution < 1.29 is 28.5 Å². The lowest BCUT2D eigenvalue weighted by Gasteiger charge is -2.16. The maximum absolute atomic E-state index is 12.4. The maximum Gasteiger partial charge on any atom is 0.333 e. The Morgan fingerprint density at radius 1 is 1.06 bits per heavy atom. The highest BCUT2D eigenvalue weighted by atomic mass is 16.7. The van der Waals surface area contributed by atoms with Crippen LogP contribution >= 0.6 is 0 Å². The van der Waals surface area contributed by atoms with Crippen molar-refractivity contribution in [2.45, 2.75) is 34.2 Å². The van der Waals surface area contributed by atoms with E-state index in [1.54, 1.807) is 35.2 Å². The van der Waals surface area contributed by atoms with Gasteiger partial charge in [-0.3, -0.25) is 0 Å². The quantitative estimate of drug-likeness (QED) is 0.220. The van der Waals surface area contributed by atoms with Crippen LogP contribution in [0.3, 0.4) is 0 Å². The van der Waals surface area contributed by atoms with E-state index in [-0.39, 0.29) is 12.8 Å². The average Bonchev–Trinajstić information content (AvgIpc) is 3.15. The first-order valence-corrected chi connectivity index (χ1v) is 11.3. The van der Waals surface area contributed by atoms with E-state index in [1.807, 2.05) is 36.4 Å². The molecule has 0 radical (unpaired) electrons. The zero-order chi connectivity index (χ0) is 24.8. The molecule has 0 saturated carbocycles. The molecule has 7 nitrogen and oxygen atoms in total. The van der Waals surface area contributed by atoms with E-state index in [2.05, 4.69) is 18.4 Å². The Hall–Kier alpha value is -3.45. The Kier molecular flexibility index (Phi) is 8.23. The summed E-state index contributed by atoms with van der Waals surface area (Å²) in [6, 6.07) is 9.86.